The summed E-state index contributed by atoms with van der Waals surface area (Å²) >= 11 is 6.35. The second kappa shape index (κ2) is 8.12. The zero-order chi connectivity index (χ0) is 18.7. The number of ether oxygens (including phenoxy) is 1. The van der Waals surface area contributed by atoms with Gasteiger partial charge in [0.1, 0.15) is 0 Å². The molecule has 1 N–H and O–H groups in total. The minimum absolute atomic E-state index is 0.244. The number of nitrogens with zero attached hydrogens (tertiary/aromatic N) is 2. The molecule has 1 aromatic rings. The Morgan fingerprint density at radius 2 is 2.04 bits per heavy atom. The van der Waals surface area contributed by atoms with Gasteiger partial charge in [0.2, 0.25) is 10.0 Å². The molecule has 2 aliphatic heterocycles. The molecule has 7 nitrogen and oxygen atoms in total. The van der Waals surface area contributed by atoms with Gasteiger partial charge < -0.3 is 15.0 Å². The normalized spacial score (nSPS) is 21.8. The van der Waals surface area contributed by atoms with Crippen LogP contribution in [0, 0.1) is 0 Å². The van der Waals surface area contributed by atoms with Crippen LogP contribution in [-0.2, 0) is 14.8 Å². The largest absolute Gasteiger partial charge is 0.374 e. The number of rotatable bonds is 5. The zero-order valence-corrected chi connectivity index (χ0v) is 16.4. The van der Waals surface area contributed by atoms with Crippen LogP contribution in [0.1, 0.15) is 23.2 Å². The van der Waals surface area contributed by atoms with E-state index < -0.39 is 10.0 Å². The van der Waals surface area contributed by atoms with Gasteiger partial charge in [0.05, 0.1) is 29.7 Å². The van der Waals surface area contributed by atoms with E-state index in [4.69, 9.17) is 16.3 Å². The first-order chi connectivity index (χ1) is 12.3. The average Bonchev–Trinajstić information content (AvgIpc) is 3.13. The van der Waals surface area contributed by atoms with Gasteiger partial charge in [0.25, 0.3) is 5.91 Å². The number of benzene rings is 1. The van der Waals surface area contributed by atoms with Gasteiger partial charge in [-0.05, 0) is 31.0 Å². The van der Waals surface area contributed by atoms with Crippen LogP contribution >= 0.6 is 11.6 Å². The van der Waals surface area contributed by atoms with Crippen molar-refractivity contribution >= 4 is 33.2 Å². The van der Waals surface area contributed by atoms with E-state index in [1.54, 1.807) is 12.1 Å². The predicted octanol–water partition coefficient (Wildman–Crippen LogP) is 1.33. The number of nitrogens with one attached hydrogen (secondary N) is 1. The first-order valence-corrected chi connectivity index (χ1v) is 11.0. The number of carbonyl (C=O) groups excluding carboxylic acids is 1. The molecule has 1 unspecified atom stereocenters. The molecule has 1 atom stereocenters. The maximum atomic E-state index is 12.4. The van der Waals surface area contributed by atoms with E-state index in [1.807, 2.05) is 6.07 Å². The highest BCUT2D eigenvalue weighted by Gasteiger charge is 2.27. The van der Waals surface area contributed by atoms with Crippen molar-refractivity contribution in [2.24, 2.45) is 0 Å². The van der Waals surface area contributed by atoms with Gasteiger partial charge in [0.15, 0.2) is 0 Å². The lowest BCUT2D eigenvalue weighted by Gasteiger charge is -2.31. The molecule has 26 heavy (non-hydrogen) atoms. The van der Waals surface area contributed by atoms with Crippen molar-refractivity contribution in [2.75, 3.05) is 50.5 Å². The van der Waals surface area contributed by atoms with Crippen molar-refractivity contribution in [1.29, 1.82) is 0 Å². The van der Waals surface area contributed by atoms with Crippen LogP contribution in [0.4, 0.5) is 5.69 Å². The fourth-order valence-electron chi connectivity index (χ4n) is 3.29. The summed E-state index contributed by atoms with van der Waals surface area (Å²) < 4.78 is 30.2. The lowest BCUT2D eigenvalue weighted by molar-refractivity contribution is 0.000438. The number of carbonyl (C=O) groups is 1. The van der Waals surface area contributed by atoms with Gasteiger partial charge in [-0.2, -0.15) is 4.31 Å². The van der Waals surface area contributed by atoms with Gasteiger partial charge in [-0.25, -0.2) is 8.42 Å². The summed E-state index contributed by atoms with van der Waals surface area (Å²) in [6.45, 7) is 3.13. The number of hydrogen-bond donors (Lipinski definition) is 1. The molecular weight excluding hydrogens is 378 g/mol. The Hall–Kier alpha value is -1.35. The van der Waals surface area contributed by atoms with Crippen molar-refractivity contribution in [3.8, 4) is 0 Å². The first kappa shape index (κ1) is 19.4. The minimum atomic E-state index is -3.25. The molecule has 0 spiro atoms. The molecule has 9 heteroatoms. The topological polar surface area (TPSA) is 79.0 Å². The van der Waals surface area contributed by atoms with E-state index in [0.717, 1.165) is 31.6 Å². The summed E-state index contributed by atoms with van der Waals surface area (Å²) in [5.41, 5.74) is 1.44. The van der Waals surface area contributed by atoms with Crippen LogP contribution in [0.2, 0.25) is 5.02 Å². The van der Waals surface area contributed by atoms with Gasteiger partial charge in [0, 0.05) is 38.3 Å². The fourth-order valence-corrected chi connectivity index (χ4v) is 4.43. The Labute approximate surface area is 159 Å². The quantitative estimate of drug-likeness (QED) is 0.805. The smallest absolute Gasteiger partial charge is 0.251 e. The summed E-state index contributed by atoms with van der Waals surface area (Å²) in [6, 6.07) is 5.32. The molecule has 0 radical (unpaired) electrons. The van der Waals surface area contributed by atoms with E-state index in [1.165, 1.54) is 10.6 Å². The second-order valence-electron chi connectivity index (χ2n) is 6.68. The molecule has 2 aliphatic rings. The number of hydrogen-bond acceptors (Lipinski definition) is 5. The zero-order valence-electron chi connectivity index (χ0n) is 14.8. The van der Waals surface area contributed by atoms with Gasteiger partial charge >= 0.3 is 0 Å². The van der Waals surface area contributed by atoms with E-state index in [-0.39, 0.29) is 25.1 Å². The Kier molecular flexibility index (Phi) is 6.06. The highest BCUT2D eigenvalue weighted by molar-refractivity contribution is 7.88. The molecule has 2 saturated heterocycles. The Balaban J connectivity index is 1.57. The number of halogens is 1. The lowest BCUT2D eigenvalue weighted by atomic mass is 10.1. The van der Waals surface area contributed by atoms with Crippen LogP contribution in [0.15, 0.2) is 18.2 Å². The molecule has 1 aromatic carbocycles. The number of amides is 1. The molecule has 0 aromatic heterocycles. The van der Waals surface area contributed by atoms with Crippen molar-refractivity contribution in [3.63, 3.8) is 0 Å². The van der Waals surface area contributed by atoms with Gasteiger partial charge in [-0.1, -0.05) is 11.6 Å². The summed E-state index contributed by atoms with van der Waals surface area (Å²) in [4.78, 5) is 14.6. The highest BCUT2D eigenvalue weighted by Crippen LogP contribution is 2.29. The molecule has 2 fully saturated rings. The summed E-state index contributed by atoms with van der Waals surface area (Å²) in [5, 5.41) is 3.37. The summed E-state index contributed by atoms with van der Waals surface area (Å²) in [7, 11) is -3.25. The Morgan fingerprint density at radius 1 is 1.31 bits per heavy atom. The monoisotopic (exact) mass is 401 g/mol. The predicted molar refractivity (Wildman–Crippen MR) is 101 cm³/mol. The van der Waals surface area contributed by atoms with Crippen molar-refractivity contribution < 1.29 is 17.9 Å². The Bertz CT molecular complexity index is 765. The van der Waals surface area contributed by atoms with Gasteiger partial charge in [-0.15, -0.1) is 0 Å². The van der Waals surface area contributed by atoms with Crippen LogP contribution in [-0.4, -0.2) is 70.3 Å². The van der Waals surface area contributed by atoms with Crippen molar-refractivity contribution in [2.45, 2.75) is 18.9 Å². The summed E-state index contributed by atoms with van der Waals surface area (Å²) in [5.74, 6) is -0.250. The second-order valence-corrected chi connectivity index (χ2v) is 9.07. The summed E-state index contributed by atoms with van der Waals surface area (Å²) in [6.07, 6.45) is 3.13. The molecule has 3 rings (SSSR count). The molecule has 0 bridgehead atoms. The maximum absolute atomic E-state index is 12.4. The molecule has 0 aliphatic carbocycles. The molecule has 144 valence electrons. The van der Waals surface area contributed by atoms with E-state index >= 15 is 0 Å². The van der Waals surface area contributed by atoms with E-state index in [2.05, 4.69) is 10.2 Å². The third-order valence-electron chi connectivity index (χ3n) is 4.72. The lowest BCUT2D eigenvalue weighted by Crippen LogP contribution is -2.49. The average molecular weight is 402 g/mol. The Morgan fingerprint density at radius 3 is 2.69 bits per heavy atom. The van der Waals surface area contributed by atoms with Crippen molar-refractivity contribution in [3.05, 3.63) is 28.8 Å². The first-order valence-electron chi connectivity index (χ1n) is 8.74. The van der Waals surface area contributed by atoms with Gasteiger partial charge in [-0.3, -0.25) is 4.79 Å². The molecule has 2 heterocycles. The van der Waals surface area contributed by atoms with E-state index in [0.29, 0.717) is 23.7 Å². The standard InChI is InChI=1S/C17H24ClN3O4S/c1-26(23,24)21-8-9-25-14(12-21)11-19-17(22)13-4-5-16(15(18)10-13)20-6-2-3-7-20/h4-5,10,14H,2-3,6-9,11-12H2,1H3,(H,19,22). The SMILES string of the molecule is CS(=O)(=O)N1CCOC(CNC(=O)c2ccc(N3CCCC3)c(Cl)c2)C1. The van der Waals surface area contributed by atoms with Crippen LogP contribution in [0.25, 0.3) is 0 Å². The van der Waals surface area contributed by atoms with E-state index in [9.17, 15) is 13.2 Å². The third kappa shape index (κ3) is 4.68. The highest BCUT2D eigenvalue weighted by atomic mass is 35.5. The van der Waals surface area contributed by atoms with Crippen LogP contribution < -0.4 is 10.2 Å². The number of morpholine rings is 1. The minimum Gasteiger partial charge on any atom is -0.374 e. The molecule has 0 saturated carbocycles. The van der Waals surface area contributed by atoms with Crippen LogP contribution in [0.5, 0.6) is 0 Å². The number of sulfonamides is 1. The maximum Gasteiger partial charge on any atom is 0.251 e. The van der Waals surface area contributed by atoms with Crippen molar-refractivity contribution in [1.82, 2.24) is 9.62 Å². The third-order valence-corrected chi connectivity index (χ3v) is 6.29. The molecule has 1 amide bonds. The fraction of sp³-hybridized carbons (Fsp3) is 0.588. The van der Waals surface area contributed by atoms with Crippen LogP contribution in [0.3, 0.4) is 0 Å². The number of anilines is 1. The molecular formula is C17H24ClN3O4S.